The monoisotopic (exact) mass is 394 g/mol. The number of halogens is 1. The van der Waals surface area contributed by atoms with Gasteiger partial charge in [0.15, 0.2) is 0 Å². The third kappa shape index (κ3) is 6.00. The molecule has 0 aliphatic heterocycles. The van der Waals surface area contributed by atoms with Gasteiger partial charge in [-0.05, 0) is 48.7 Å². The summed E-state index contributed by atoms with van der Waals surface area (Å²) in [5.41, 5.74) is 2.23. The van der Waals surface area contributed by atoms with Crippen LogP contribution in [0.3, 0.4) is 0 Å². The molecule has 2 N–H and O–H groups in total. The van der Waals surface area contributed by atoms with Gasteiger partial charge in [0, 0.05) is 19.2 Å². The number of carbonyl (C=O) groups is 1. The van der Waals surface area contributed by atoms with Gasteiger partial charge in [-0.15, -0.1) is 0 Å². The highest BCUT2D eigenvalue weighted by molar-refractivity contribution is 5.92. The Morgan fingerprint density at radius 2 is 1.86 bits per heavy atom. The minimum absolute atomic E-state index is 0.281. The van der Waals surface area contributed by atoms with Crippen LogP contribution in [-0.4, -0.2) is 29.5 Å². The Kier molecular flexibility index (Phi) is 6.73. The predicted molar refractivity (Wildman–Crippen MR) is 110 cm³/mol. The number of aryl methyl sites for hydroxylation is 1. The highest BCUT2D eigenvalue weighted by Crippen LogP contribution is 2.13. The summed E-state index contributed by atoms with van der Waals surface area (Å²) in [6.07, 6.45) is 0.784. The second kappa shape index (κ2) is 9.64. The number of rotatable bonds is 8. The van der Waals surface area contributed by atoms with E-state index in [9.17, 15) is 9.18 Å². The highest BCUT2D eigenvalue weighted by Gasteiger charge is 2.10. The van der Waals surface area contributed by atoms with Gasteiger partial charge in [-0.1, -0.05) is 24.3 Å². The quantitative estimate of drug-likeness (QED) is 0.611. The van der Waals surface area contributed by atoms with Crippen LogP contribution in [0.4, 0.5) is 10.2 Å². The zero-order valence-corrected chi connectivity index (χ0v) is 16.4. The van der Waals surface area contributed by atoms with Crippen molar-refractivity contribution in [2.24, 2.45) is 0 Å². The van der Waals surface area contributed by atoms with Crippen molar-refractivity contribution in [2.45, 2.75) is 19.9 Å². The molecule has 1 amide bonds. The molecule has 29 heavy (non-hydrogen) atoms. The molecule has 3 aromatic rings. The minimum atomic E-state index is -0.310. The fourth-order valence-electron chi connectivity index (χ4n) is 2.81. The van der Waals surface area contributed by atoms with Gasteiger partial charge >= 0.3 is 0 Å². The summed E-state index contributed by atoms with van der Waals surface area (Å²) in [4.78, 5) is 21.0. The molecule has 0 unspecified atom stereocenters. The minimum Gasteiger partial charge on any atom is -0.497 e. The Hall–Kier alpha value is -3.48. The number of hydrogen-bond donors (Lipinski definition) is 2. The second-order valence-corrected chi connectivity index (χ2v) is 6.52. The first-order valence-corrected chi connectivity index (χ1v) is 9.28. The SMILES string of the molecule is COc1cccc(CCNc2cc(C(=O)NCc3ccc(F)cc3)nc(C)n2)c1. The lowest BCUT2D eigenvalue weighted by atomic mass is 10.1. The van der Waals surface area contributed by atoms with Crippen molar-refractivity contribution in [3.8, 4) is 5.75 Å². The maximum Gasteiger partial charge on any atom is 0.270 e. The van der Waals surface area contributed by atoms with Gasteiger partial charge in [0.2, 0.25) is 0 Å². The van der Waals surface area contributed by atoms with E-state index in [-0.39, 0.29) is 17.4 Å². The number of methoxy groups -OCH3 is 1. The summed E-state index contributed by atoms with van der Waals surface area (Å²) in [6, 6.07) is 15.5. The highest BCUT2D eigenvalue weighted by atomic mass is 19.1. The van der Waals surface area contributed by atoms with Crippen LogP contribution in [-0.2, 0) is 13.0 Å². The van der Waals surface area contributed by atoms with E-state index in [0.717, 1.165) is 23.3 Å². The first kappa shape index (κ1) is 20.3. The predicted octanol–water partition coefficient (Wildman–Crippen LogP) is 3.52. The van der Waals surface area contributed by atoms with E-state index in [2.05, 4.69) is 20.6 Å². The van der Waals surface area contributed by atoms with E-state index in [1.807, 2.05) is 24.3 Å². The molecule has 0 saturated carbocycles. The van der Waals surface area contributed by atoms with Gasteiger partial charge in [-0.25, -0.2) is 14.4 Å². The molecule has 6 nitrogen and oxygen atoms in total. The van der Waals surface area contributed by atoms with Gasteiger partial charge in [-0.2, -0.15) is 0 Å². The molecule has 0 aliphatic rings. The number of ether oxygens (including phenoxy) is 1. The van der Waals surface area contributed by atoms with E-state index < -0.39 is 0 Å². The summed E-state index contributed by atoms with van der Waals surface area (Å²) in [5, 5.41) is 6.02. The van der Waals surface area contributed by atoms with Crippen LogP contribution in [0.5, 0.6) is 5.75 Å². The summed E-state index contributed by atoms with van der Waals surface area (Å²) < 4.78 is 18.2. The van der Waals surface area contributed by atoms with Crippen molar-refractivity contribution in [1.82, 2.24) is 15.3 Å². The molecule has 0 radical (unpaired) electrons. The maximum absolute atomic E-state index is 13.0. The Morgan fingerprint density at radius 1 is 1.07 bits per heavy atom. The number of nitrogens with one attached hydrogen (secondary N) is 2. The number of benzene rings is 2. The van der Waals surface area contributed by atoms with Gasteiger partial charge in [0.25, 0.3) is 5.91 Å². The van der Waals surface area contributed by atoms with Crippen LogP contribution in [0.1, 0.15) is 27.4 Å². The Labute approximate surface area is 169 Å². The molecule has 0 saturated heterocycles. The summed E-state index contributed by atoms with van der Waals surface area (Å²) in [7, 11) is 1.64. The fraction of sp³-hybridized carbons (Fsp3) is 0.227. The van der Waals surface area contributed by atoms with Crippen molar-refractivity contribution in [1.29, 1.82) is 0 Å². The Morgan fingerprint density at radius 3 is 2.62 bits per heavy atom. The first-order chi connectivity index (χ1) is 14.0. The van der Waals surface area contributed by atoms with E-state index in [1.165, 1.54) is 12.1 Å². The molecule has 3 rings (SSSR count). The molecule has 0 bridgehead atoms. The lowest BCUT2D eigenvalue weighted by molar-refractivity contribution is 0.0945. The lowest BCUT2D eigenvalue weighted by Crippen LogP contribution is -2.24. The smallest absolute Gasteiger partial charge is 0.270 e. The average Bonchev–Trinajstić information content (AvgIpc) is 2.73. The third-order valence-electron chi connectivity index (χ3n) is 4.29. The molecule has 0 fully saturated rings. The zero-order valence-electron chi connectivity index (χ0n) is 16.4. The average molecular weight is 394 g/mol. The number of aromatic nitrogens is 2. The molecule has 0 atom stereocenters. The van der Waals surface area contributed by atoms with Gasteiger partial charge in [0.1, 0.15) is 28.9 Å². The van der Waals surface area contributed by atoms with Gasteiger partial charge in [0.05, 0.1) is 7.11 Å². The van der Waals surface area contributed by atoms with Gasteiger partial charge in [-0.3, -0.25) is 4.79 Å². The number of carbonyl (C=O) groups excluding carboxylic acids is 1. The Balaban J connectivity index is 1.58. The van der Waals surface area contributed by atoms with Crippen LogP contribution in [0.25, 0.3) is 0 Å². The summed E-state index contributed by atoms with van der Waals surface area (Å²) in [6.45, 7) is 2.69. The van der Waals surface area contributed by atoms with Gasteiger partial charge < -0.3 is 15.4 Å². The first-order valence-electron chi connectivity index (χ1n) is 9.28. The lowest BCUT2D eigenvalue weighted by Gasteiger charge is -2.10. The van der Waals surface area contributed by atoms with E-state index in [1.54, 1.807) is 32.2 Å². The fourth-order valence-corrected chi connectivity index (χ4v) is 2.81. The third-order valence-corrected chi connectivity index (χ3v) is 4.29. The van der Waals surface area contributed by atoms with Crippen molar-refractivity contribution in [3.05, 3.63) is 83.1 Å². The van der Waals surface area contributed by atoms with Crippen LogP contribution in [0.15, 0.2) is 54.6 Å². The number of anilines is 1. The molecular weight excluding hydrogens is 371 g/mol. The van der Waals surface area contributed by atoms with Crippen molar-refractivity contribution < 1.29 is 13.9 Å². The van der Waals surface area contributed by atoms with Crippen LogP contribution < -0.4 is 15.4 Å². The number of hydrogen-bond acceptors (Lipinski definition) is 5. The summed E-state index contributed by atoms with van der Waals surface area (Å²) in [5.74, 6) is 1.29. The molecule has 1 heterocycles. The molecular formula is C22H23FN4O2. The van der Waals surface area contributed by atoms with Crippen molar-refractivity contribution in [2.75, 3.05) is 19.0 Å². The normalized spacial score (nSPS) is 10.4. The van der Waals surface area contributed by atoms with Crippen LogP contribution >= 0.6 is 0 Å². The number of nitrogens with zero attached hydrogens (tertiary/aromatic N) is 2. The van der Waals surface area contributed by atoms with Crippen molar-refractivity contribution in [3.63, 3.8) is 0 Å². The van der Waals surface area contributed by atoms with E-state index in [4.69, 9.17) is 4.74 Å². The largest absolute Gasteiger partial charge is 0.497 e. The van der Waals surface area contributed by atoms with E-state index in [0.29, 0.717) is 24.7 Å². The molecule has 0 spiro atoms. The van der Waals surface area contributed by atoms with Crippen LogP contribution in [0, 0.1) is 12.7 Å². The maximum atomic E-state index is 13.0. The topological polar surface area (TPSA) is 76.1 Å². The standard InChI is InChI=1S/C22H23FN4O2/c1-15-26-20(22(28)25-14-17-6-8-18(23)9-7-17)13-21(27-15)24-11-10-16-4-3-5-19(12-16)29-2/h3-9,12-13H,10-11,14H2,1-2H3,(H,25,28)(H,24,26,27). The van der Waals surface area contributed by atoms with E-state index >= 15 is 0 Å². The van der Waals surface area contributed by atoms with Crippen molar-refractivity contribution >= 4 is 11.7 Å². The van der Waals surface area contributed by atoms with Crippen LogP contribution in [0.2, 0.25) is 0 Å². The summed E-state index contributed by atoms with van der Waals surface area (Å²) >= 11 is 0. The molecule has 1 aromatic heterocycles. The Bertz CT molecular complexity index is 977. The molecule has 0 aliphatic carbocycles. The molecule has 7 heteroatoms. The number of amides is 1. The zero-order chi connectivity index (χ0) is 20.6. The molecule has 150 valence electrons. The second-order valence-electron chi connectivity index (χ2n) is 6.52. The molecule has 2 aromatic carbocycles.